The maximum Gasteiger partial charge on any atom is 0.266 e. The van der Waals surface area contributed by atoms with Crippen molar-refractivity contribution in [2.75, 3.05) is 32.1 Å². The van der Waals surface area contributed by atoms with Gasteiger partial charge in [0.05, 0.1) is 19.2 Å². The van der Waals surface area contributed by atoms with Crippen LogP contribution in [0.2, 0.25) is 0 Å². The average Bonchev–Trinajstić information content (AvgIpc) is 2.79. The zero-order valence-corrected chi connectivity index (χ0v) is 17.8. The molecule has 0 aliphatic carbocycles. The molecule has 2 aromatic carbocycles. The van der Waals surface area contributed by atoms with Crippen LogP contribution in [-0.2, 0) is 16.1 Å². The monoisotopic (exact) mass is 423 g/mol. The van der Waals surface area contributed by atoms with E-state index in [1.165, 1.54) is 5.56 Å². The van der Waals surface area contributed by atoms with Crippen molar-refractivity contribution in [2.24, 2.45) is 5.92 Å². The molecule has 2 aliphatic heterocycles. The molecule has 1 atom stereocenters. The summed E-state index contributed by atoms with van der Waals surface area (Å²) in [4.78, 5) is 27.0. The summed E-state index contributed by atoms with van der Waals surface area (Å²) in [6, 6.07) is 15.4. The number of carbonyl (C=O) groups excluding carboxylic acids is 2. The molecule has 2 heterocycles. The van der Waals surface area contributed by atoms with E-state index in [1.54, 1.807) is 19.2 Å². The van der Waals surface area contributed by atoms with Gasteiger partial charge in [-0.2, -0.15) is 0 Å². The summed E-state index contributed by atoms with van der Waals surface area (Å²) in [6.45, 7) is 3.59. The van der Waals surface area contributed by atoms with E-state index in [0.717, 1.165) is 38.2 Å². The van der Waals surface area contributed by atoms with Crippen molar-refractivity contribution in [1.82, 2.24) is 10.2 Å². The molecule has 0 bridgehead atoms. The molecule has 7 nitrogen and oxygen atoms in total. The number of rotatable bonds is 7. The highest BCUT2D eigenvalue weighted by Crippen LogP contribution is 2.29. The fraction of sp³-hybridized carbons (Fsp3) is 0.417. The first-order valence-corrected chi connectivity index (χ1v) is 10.8. The van der Waals surface area contributed by atoms with Gasteiger partial charge >= 0.3 is 0 Å². The lowest BCUT2D eigenvalue weighted by Gasteiger charge is -2.32. The van der Waals surface area contributed by atoms with Crippen LogP contribution >= 0.6 is 0 Å². The van der Waals surface area contributed by atoms with Crippen LogP contribution in [0.5, 0.6) is 11.5 Å². The number of nitrogens with one attached hydrogen (secondary N) is 2. The molecule has 164 valence electrons. The summed E-state index contributed by atoms with van der Waals surface area (Å²) in [7, 11) is 1.68. The van der Waals surface area contributed by atoms with Gasteiger partial charge in [0.25, 0.3) is 5.91 Å². The highest BCUT2D eigenvalue weighted by Gasteiger charge is 2.29. The number of hydrogen-bond acceptors (Lipinski definition) is 5. The van der Waals surface area contributed by atoms with E-state index in [1.807, 2.05) is 24.3 Å². The van der Waals surface area contributed by atoms with Gasteiger partial charge in [-0.1, -0.05) is 24.3 Å². The second kappa shape index (κ2) is 9.83. The summed E-state index contributed by atoms with van der Waals surface area (Å²) in [6.07, 6.45) is 1.33. The molecule has 0 spiro atoms. The number of methoxy groups -OCH3 is 1. The molecule has 0 saturated carbocycles. The van der Waals surface area contributed by atoms with Crippen molar-refractivity contribution in [2.45, 2.75) is 31.9 Å². The molecular weight excluding hydrogens is 394 g/mol. The van der Waals surface area contributed by atoms with Crippen molar-refractivity contribution >= 4 is 17.5 Å². The summed E-state index contributed by atoms with van der Waals surface area (Å²) in [5.41, 5.74) is 1.92. The number of nitrogens with zero attached hydrogens (tertiary/aromatic N) is 1. The van der Waals surface area contributed by atoms with Crippen LogP contribution in [0.1, 0.15) is 24.8 Å². The van der Waals surface area contributed by atoms with E-state index in [4.69, 9.17) is 9.47 Å². The largest absolute Gasteiger partial charge is 0.497 e. The number of carbonyl (C=O) groups is 2. The van der Waals surface area contributed by atoms with E-state index < -0.39 is 6.10 Å². The molecule has 2 aliphatic rings. The minimum atomic E-state index is -0.791. The number of fused-ring (bicyclic) bond motifs is 1. The zero-order valence-electron chi connectivity index (χ0n) is 17.8. The third kappa shape index (κ3) is 5.55. The third-order valence-electron chi connectivity index (χ3n) is 5.94. The number of para-hydroxylation sites is 2. The maximum absolute atomic E-state index is 12.4. The van der Waals surface area contributed by atoms with Gasteiger partial charge in [0.2, 0.25) is 5.91 Å². The first-order valence-electron chi connectivity index (χ1n) is 10.8. The SMILES string of the molecule is COc1ccc(CN2CCC(CNC(=O)C[C@H]3Oc4ccccc4NC3=O)CC2)cc1. The number of likely N-dealkylation sites (tertiary alicyclic amines) is 1. The number of benzene rings is 2. The Bertz CT molecular complexity index is 907. The van der Waals surface area contributed by atoms with Gasteiger partial charge in [-0.15, -0.1) is 0 Å². The standard InChI is InChI=1S/C24H29N3O4/c1-30-19-8-6-18(7-9-19)16-27-12-10-17(11-13-27)15-25-23(28)14-22-24(29)26-20-4-2-3-5-21(20)31-22/h2-9,17,22H,10-16H2,1H3,(H,25,28)(H,26,29)/t22-/m1/s1. The first-order chi connectivity index (χ1) is 15.1. The summed E-state index contributed by atoms with van der Waals surface area (Å²) >= 11 is 0. The smallest absolute Gasteiger partial charge is 0.266 e. The molecule has 2 amide bonds. The second-order valence-corrected chi connectivity index (χ2v) is 8.17. The van der Waals surface area contributed by atoms with Gasteiger partial charge < -0.3 is 20.1 Å². The molecule has 1 saturated heterocycles. The predicted molar refractivity (Wildman–Crippen MR) is 118 cm³/mol. The highest BCUT2D eigenvalue weighted by atomic mass is 16.5. The van der Waals surface area contributed by atoms with Crippen LogP contribution in [0, 0.1) is 5.92 Å². The second-order valence-electron chi connectivity index (χ2n) is 8.17. The van der Waals surface area contributed by atoms with Gasteiger partial charge in [-0.25, -0.2) is 0 Å². The minimum Gasteiger partial charge on any atom is -0.497 e. The Kier molecular flexibility index (Phi) is 6.72. The Balaban J connectivity index is 1.17. The molecule has 0 radical (unpaired) electrons. The van der Waals surface area contributed by atoms with Crippen LogP contribution in [0.4, 0.5) is 5.69 Å². The Labute approximate surface area is 182 Å². The molecule has 31 heavy (non-hydrogen) atoms. The van der Waals surface area contributed by atoms with Gasteiger partial charge in [0, 0.05) is 13.1 Å². The first kappa shape index (κ1) is 21.2. The molecule has 0 aromatic heterocycles. The Hall–Kier alpha value is -3.06. The van der Waals surface area contributed by atoms with Crippen molar-refractivity contribution in [3.05, 3.63) is 54.1 Å². The Morgan fingerprint density at radius 1 is 1.16 bits per heavy atom. The van der Waals surface area contributed by atoms with Gasteiger partial charge in [-0.3, -0.25) is 14.5 Å². The Morgan fingerprint density at radius 3 is 2.65 bits per heavy atom. The molecule has 4 rings (SSSR count). The third-order valence-corrected chi connectivity index (χ3v) is 5.94. The van der Waals surface area contributed by atoms with Crippen LogP contribution in [-0.4, -0.2) is 49.6 Å². The maximum atomic E-state index is 12.4. The van der Waals surface area contributed by atoms with Crippen LogP contribution in [0.15, 0.2) is 48.5 Å². The fourth-order valence-electron chi connectivity index (χ4n) is 4.06. The summed E-state index contributed by atoms with van der Waals surface area (Å²) < 4.78 is 10.9. The Morgan fingerprint density at radius 2 is 1.90 bits per heavy atom. The summed E-state index contributed by atoms with van der Waals surface area (Å²) in [5, 5.41) is 5.79. The van der Waals surface area contributed by atoms with E-state index in [2.05, 4.69) is 27.7 Å². The van der Waals surface area contributed by atoms with Crippen molar-refractivity contribution < 1.29 is 19.1 Å². The number of amides is 2. The number of hydrogen-bond donors (Lipinski definition) is 2. The molecule has 7 heteroatoms. The van der Waals surface area contributed by atoms with Crippen molar-refractivity contribution in [3.8, 4) is 11.5 Å². The van der Waals surface area contributed by atoms with Crippen molar-refractivity contribution in [3.63, 3.8) is 0 Å². The van der Waals surface area contributed by atoms with Crippen LogP contribution < -0.4 is 20.1 Å². The van der Waals surface area contributed by atoms with Gasteiger partial charge in [0.1, 0.15) is 11.5 Å². The molecule has 1 fully saturated rings. The fourth-order valence-corrected chi connectivity index (χ4v) is 4.06. The van der Waals surface area contributed by atoms with E-state index in [-0.39, 0.29) is 18.2 Å². The predicted octanol–water partition coefficient (Wildman–Crippen LogP) is 2.81. The number of anilines is 1. The summed E-state index contributed by atoms with van der Waals surface area (Å²) in [5.74, 6) is 1.50. The minimum absolute atomic E-state index is 0.0243. The average molecular weight is 424 g/mol. The van der Waals surface area contributed by atoms with Crippen molar-refractivity contribution in [1.29, 1.82) is 0 Å². The van der Waals surface area contributed by atoms with E-state index >= 15 is 0 Å². The van der Waals surface area contributed by atoms with Crippen LogP contribution in [0.3, 0.4) is 0 Å². The number of ether oxygens (including phenoxy) is 2. The van der Waals surface area contributed by atoms with Crippen LogP contribution in [0.25, 0.3) is 0 Å². The lowest BCUT2D eigenvalue weighted by Crippen LogP contribution is -2.42. The van der Waals surface area contributed by atoms with Gasteiger partial charge in [-0.05, 0) is 61.7 Å². The lowest BCUT2D eigenvalue weighted by atomic mass is 9.96. The van der Waals surface area contributed by atoms with E-state index in [9.17, 15) is 9.59 Å². The zero-order chi connectivity index (χ0) is 21.6. The topological polar surface area (TPSA) is 79.9 Å². The molecule has 0 unspecified atom stereocenters. The highest BCUT2D eigenvalue weighted by molar-refractivity contribution is 5.99. The lowest BCUT2D eigenvalue weighted by molar-refractivity contribution is -0.130. The quantitative estimate of drug-likeness (QED) is 0.716. The molecule has 2 aromatic rings. The normalized spacial score (nSPS) is 19.1. The number of piperidine rings is 1. The molecule has 2 N–H and O–H groups in total. The van der Waals surface area contributed by atoms with E-state index in [0.29, 0.717) is 23.9 Å². The van der Waals surface area contributed by atoms with Gasteiger partial charge in [0.15, 0.2) is 6.10 Å². The molecular formula is C24H29N3O4.